The van der Waals surface area contributed by atoms with Crippen LogP contribution in [0, 0.1) is 0 Å². The van der Waals surface area contributed by atoms with Crippen LogP contribution in [-0.4, -0.2) is 37.4 Å². The number of ether oxygens (including phenoxy) is 2. The van der Waals surface area contributed by atoms with Crippen molar-refractivity contribution >= 4 is 28.4 Å². The Morgan fingerprint density at radius 1 is 1.29 bits per heavy atom. The zero-order valence-electron chi connectivity index (χ0n) is 12.1. The monoisotopic (exact) mass is 308 g/mol. The minimum atomic E-state index is -0.523. The number of benzene rings is 1. The van der Waals surface area contributed by atoms with E-state index in [2.05, 4.69) is 10.3 Å². The van der Waals surface area contributed by atoms with Gasteiger partial charge in [-0.15, -0.1) is 0 Å². The molecule has 1 amide bonds. The molecule has 0 saturated heterocycles. The number of para-hydroxylation sites is 1. The quantitative estimate of drug-likeness (QED) is 0.863. The van der Waals surface area contributed by atoms with E-state index >= 15 is 0 Å². The van der Waals surface area contributed by atoms with E-state index in [1.54, 1.807) is 13.0 Å². The Labute approximate surface area is 128 Å². The summed E-state index contributed by atoms with van der Waals surface area (Å²) >= 11 is 6.19. The van der Waals surface area contributed by atoms with Crippen LogP contribution in [0.15, 0.2) is 30.3 Å². The molecular weight excluding hydrogens is 292 g/mol. The Morgan fingerprint density at radius 2 is 1.95 bits per heavy atom. The van der Waals surface area contributed by atoms with Gasteiger partial charge in [0.15, 0.2) is 6.29 Å². The molecule has 0 radical (unpaired) electrons. The lowest BCUT2D eigenvalue weighted by molar-refractivity contribution is -0.117. The molecule has 0 aliphatic carbocycles. The van der Waals surface area contributed by atoms with Crippen molar-refractivity contribution in [3.05, 3.63) is 41.0 Å². The highest BCUT2D eigenvalue weighted by atomic mass is 35.5. The molecule has 0 saturated carbocycles. The highest BCUT2D eigenvalue weighted by Crippen LogP contribution is 2.22. The van der Waals surface area contributed by atoms with Gasteiger partial charge in [-0.1, -0.05) is 29.8 Å². The summed E-state index contributed by atoms with van der Waals surface area (Å²) in [6, 6.07) is 8.64. The number of amides is 1. The molecule has 1 aromatic heterocycles. The van der Waals surface area contributed by atoms with Crippen molar-refractivity contribution in [3.8, 4) is 0 Å². The summed E-state index contributed by atoms with van der Waals surface area (Å²) in [6.07, 6.45) is -0.523. The number of carbonyl (C=O) groups excluding carboxylic acids is 1. The van der Waals surface area contributed by atoms with Gasteiger partial charge in [0, 0.05) is 19.6 Å². The van der Waals surface area contributed by atoms with Crippen LogP contribution < -0.4 is 5.32 Å². The molecule has 1 heterocycles. The second-order valence-corrected chi connectivity index (χ2v) is 5.02. The molecule has 0 aliphatic heterocycles. The number of fused-ring (bicyclic) bond motifs is 1. The lowest BCUT2D eigenvalue weighted by atomic mass is 10.2. The van der Waals surface area contributed by atoms with Gasteiger partial charge in [0.1, 0.15) is 5.69 Å². The van der Waals surface area contributed by atoms with Gasteiger partial charge in [-0.25, -0.2) is 4.98 Å². The standard InChI is InChI=1S/C15H17ClN2O3/c1-9(15(20-2)21-3)17-14(19)13-8-11(16)10-6-4-5-7-12(10)18-13/h4-9,15H,1-3H3,(H,17,19). The van der Waals surface area contributed by atoms with Gasteiger partial charge in [0.2, 0.25) is 0 Å². The fourth-order valence-corrected chi connectivity index (χ4v) is 2.37. The van der Waals surface area contributed by atoms with Crippen LogP contribution in [0.25, 0.3) is 10.9 Å². The van der Waals surface area contributed by atoms with Crippen LogP contribution in [0.2, 0.25) is 5.02 Å². The van der Waals surface area contributed by atoms with E-state index in [0.29, 0.717) is 10.5 Å². The van der Waals surface area contributed by atoms with Crippen LogP contribution in [0.5, 0.6) is 0 Å². The summed E-state index contributed by atoms with van der Waals surface area (Å²) in [7, 11) is 3.03. The number of nitrogens with zero attached hydrogens (tertiary/aromatic N) is 1. The summed E-state index contributed by atoms with van der Waals surface area (Å²) in [5.41, 5.74) is 0.939. The van der Waals surface area contributed by atoms with Crippen molar-refractivity contribution in [2.45, 2.75) is 19.3 Å². The minimum absolute atomic E-state index is 0.261. The van der Waals surface area contributed by atoms with Gasteiger partial charge in [0.05, 0.1) is 16.6 Å². The Morgan fingerprint density at radius 3 is 2.62 bits per heavy atom. The molecule has 0 spiro atoms. The molecule has 21 heavy (non-hydrogen) atoms. The molecule has 6 heteroatoms. The van der Waals surface area contributed by atoms with Crippen molar-refractivity contribution in [2.24, 2.45) is 0 Å². The summed E-state index contributed by atoms with van der Waals surface area (Å²) in [5, 5.41) is 4.09. The second kappa shape index (κ2) is 6.85. The molecule has 1 N–H and O–H groups in total. The van der Waals surface area contributed by atoms with E-state index in [-0.39, 0.29) is 17.6 Å². The number of hydrogen-bond acceptors (Lipinski definition) is 4. The van der Waals surface area contributed by atoms with E-state index in [9.17, 15) is 4.79 Å². The molecule has 5 nitrogen and oxygen atoms in total. The molecule has 0 aliphatic rings. The van der Waals surface area contributed by atoms with Crippen molar-refractivity contribution in [1.82, 2.24) is 10.3 Å². The second-order valence-electron chi connectivity index (χ2n) is 4.61. The van der Waals surface area contributed by atoms with Gasteiger partial charge in [-0.05, 0) is 19.1 Å². The van der Waals surface area contributed by atoms with E-state index in [4.69, 9.17) is 21.1 Å². The Bertz CT molecular complexity index is 644. The van der Waals surface area contributed by atoms with Gasteiger partial charge in [-0.2, -0.15) is 0 Å². The molecule has 0 bridgehead atoms. The van der Waals surface area contributed by atoms with Crippen molar-refractivity contribution in [1.29, 1.82) is 0 Å². The first-order chi connectivity index (χ1) is 10.1. The Kier molecular flexibility index (Phi) is 5.12. The number of aromatic nitrogens is 1. The van der Waals surface area contributed by atoms with Crippen LogP contribution in [-0.2, 0) is 9.47 Å². The average Bonchev–Trinajstić information content (AvgIpc) is 2.48. The highest BCUT2D eigenvalue weighted by molar-refractivity contribution is 6.35. The van der Waals surface area contributed by atoms with E-state index < -0.39 is 6.29 Å². The number of halogens is 1. The number of hydrogen-bond donors (Lipinski definition) is 1. The molecule has 0 fully saturated rings. The van der Waals surface area contributed by atoms with Gasteiger partial charge in [0.25, 0.3) is 5.91 Å². The number of pyridine rings is 1. The lowest BCUT2D eigenvalue weighted by Crippen LogP contribution is -2.43. The molecule has 1 aromatic carbocycles. The van der Waals surface area contributed by atoms with Crippen LogP contribution in [0.3, 0.4) is 0 Å². The first-order valence-electron chi connectivity index (χ1n) is 6.48. The van der Waals surface area contributed by atoms with Crippen LogP contribution in [0.1, 0.15) is 17.4 Å². The van der Waals surface area contributed by atoms with Gasteiger partial charge >= 0.3 is 0 Å². The number of methoxy groups -OCH3 is 2. The zero-order chi connectivity index (χ0) is 15.4. The van der Waals surface area contributed by atoms with Crippen LogP contribution in [0.4, 0.5) is 0 Å². The summed E-state index contributed by atoms with van der Waals surface area (Å²) in [4.78, 5) is 16.6. The minimum Gasteiger partial charge on any atom is -0.354 e. The molecule has 1 atom stereocenters. The van der Waals surface area contributed by atoms with Crippen molar-refractivity contribution in [3.63, 3.8) is 0 Å². The summed E-state index contributed by atoms with van der Waals surface area (Å²) in [6.45, 7) is 1.79. The first kappa shape index (κ1) is 15.7. The van der Waals surface area contributed by atoms with E-state index in [0.717, 1.165) is 5.39 Å². The van der Waals surface area contributed by atoms with Crippen molar-refractivity contribution in [2.75, 3.05) is 14.2 Å². The predicted octanol–water partition coefficient (Wildman–Crippen LogP) is 2.63. The normalized spacial score (nSPS) is 12.6. The highest BCUT2D eigenvalue weighted by Gasteiger charge is 2.20. The largest absolute Gasteiger partial charge is 0.354 e. The maximum absolute atomic E-state index is 12.2. The fourth-order valence-electron chi connectivity index (χ4n) is 2.10. The Balaban J connectivity index is 2.23. The van der Waals surface area contributed by atoms with Crippen LogP contribution >= 0.6 is 11.6 Å². The number of carbonyl (C=O) groups is 1. The average molecular weight is 309 g/mol. The first-order valence-corrected chi connectivity index (χ1v) is 6.86. The maximum atomic E-state index is 12.2. The third kappa shape index (κ3) is 3.50. The van der Waals surface area contributed by atoms with Crippen molar-refractivity contribution < 1.29 is 14.3 Å². The molecule has 2 aromatic rings. The molecule has 2 rings (SSSR count). The zero-order valence-corrected chi connectivity index (χ0v) is 12.8. The number of nitrogens with one attached hydrogen (secondary N) is 1. The van der Waals surface area contributed by atoms with Gasteiger partial charge in [-0.3, -0.25) is 4.79 Å². The van der Waals surface area contributed by atoms with E-state index in [1.807, 2.05) is 24.3 Å². The summed E-state index contributed by atoms with van der Waals surface area (Å²) in [5.74, 6) is -0.325. The maximum Gasteiger partial charge on any atom is 0.270 e. The summed E-state index contributed by atoms with van der Waals surface area (Å²) < 4.78 is 10.2. The molecule has 112 valence electrons. The van der Waals surface area contributed by atoms with E-state index in [1.165, 1.54) is 14.2 Å². The third-order valence-corrected chi connectivity index (χ3v) is 3.44. The smallest absolute Gasteiger partial charge is 0.270 e. The molecular formula is C15H17ClN2O3. The third-order valence-electron chi connectivity index (χ3n) is 3.13. The molecule has 1 unspecified atom stereocenters. The predicted molar refractivity (Wildman–Crippen MR) is 81.5 cm³/mol. The number of rotatable bonds is 5. The van der Waals surface area contributed by atoms with Gasteiger partial charge < -0.3 is 14.8 Å². The Hall–Kier alpha value is -1.69. The lowest BCUT2D eigenvalue weighted by Gasteiger charge is -2.22. The SMILES string of the molecule is COC(OC)C(C)NC(=O)c1cc(Cl)c2ccccc2n1. The topological polar surface area (TPSA) is 60.5 Å². The fraction of sp³-hybridized carbons (Fsp3) is 0.333.